The van der Waals surface area contributed by atoms with Crippen LogP contribution in [0.25, 0.3) is 0 Å². The van der Waals surface area contributed by atoms with Gasteiger partial charge in [-0.05, 0) is 41.8 Å². The summed E-state index contributed by atoms with van der Waals surface area (Å²) in [6.45, 7) is 2.95. The van der Waals surface area contributed by atoms with Gasteiger partial charge in [-0.25, -0.2) is 18.4 Å². The third-order valence-electron chi connectivity index (χ3n) is 5.60. The molecule has 4 rings (SSSR count). The Bertz CT molecular complexity index is 1310. The molecule has 10 heteroatoms. The van der Waals surface area contributed by atoms with Gasteiger partial charge < -0.3 is 10.1 Å². The van der Waals surface area contributed by atoms with Gasteiger partial charge in [0.15, 0.2) is 15.0 Å². The molecule has 3 aromatic rings. The molecule has 0 atom stereocenters. The Morgan fingerprint density at radius 2 is 1.74 bits per heavy atom. The molecule has 1 aliphatic rings. The quantitative estimate of drug-likeness (QED) is 0.320. The molecule has 1 aliphatic heterocycles. The van der Waals surface area contributed by atoms with E-state index in [9.17, 15) is 13.2 Å². The van der Waals surface area contributed by atoms with Crippen LogP contribution >= 0.6 is 11.8 Å². The number of fused-ring (bicyclic) bond motifs is 1. The van der Waals surface area contributed by atoms with Gasteiger partial charge in [0, 0.05) is 24.1 Å². The lowest BCUT2D eigenvalue weighted by Gasteiger charge is -2.18. The second-order valence-corrected chi connectivity index (χ2v) is 11.4. The van der Waals surface area contributed by atoms with Gasteiger partial charge in [0.1, 0.15) is 17.4 Å². The minimum Gasteiger partial charge on any atom is -0.497 e. The number of methoxy groups -OCH3 is 1. The zero-order valence-corrected chi connectivity index (χ0v) is 21.6. The average Bonchev–Trinajstić information content (AvgIpc) is 3.16. The summed E-state index contributed by atoms with van der Waals surface area (Å²) in [6, 6.07) is 14.4. The Hall–Kier alpha value is -3.11. The summed E-state index contributed by atoms with van der Waals surface area (Å²) < 4.78 is 28.8. The van der Waals surface area contributed by atoms with E-state index in [2.05, 4.69) is 12.2 Å². The number of carbonyl (C=O) groups is 1. The van der Waals surface area contributed by atoms with Gasteiger partial charge in [-0.15, -0.1) is 0 Å². The zero-order valence-electron chi connectivity index (χ0n) is 19.9. The van der Waals surface area contributed by atoms with Crippen LogP contribution in [0.5, 0.6) is 5.75 Å². The number of anilines is 2. The van der Waals surface area contributed by atoms with E-state index in [1.54, 1.807) is 48.0 Å². The first kappa shape index (κ1) is 25.0. The molecule has 0 aliphatic carbocycles. The van der Waals surface area contributed by atoms with Crippen molar-refractivity contribution in [3.05, 3.63) is 65.2 Å². The largest absolute Gasteiger partial charge is 0.497 e. The van der Waals surface area contributed by atoms with Gasteiger partial charge in [0.25, 0.3) is 0 Å². The predicted molar refractivity (Wildman–Crippen MR) is 138 cm³/mol. The number of rotatable bonds is 10. The zero-order chi connectivity index (χ0) is 25.0. The molecule has 8 nitrogen and oxygen atoms in total. The van der Waals surface area contributed by atoms with Crippen molar-refractivity contribution in [3.8, 4) is 5.75 Å². The van der Waals surface area contributed by atoms with E-state index in [1.807, 2.05) is 24.3 Å². The number of hydrogen-bond acceptors (Lipinski definition) is 8. The lowest BCUT2D eigenvalue weighted by Crippen LogP contribution is -2.26. The van der Waals surface area contributed by atoms with Crippen LogP contribution in [0.4, 0.5) is 11.6 Å². The van der Waals surface area contributed by atoms with Crippen LogP contribution in [-0.2, 0) is 34.1 Å². The maximum atomic E-state index is 13.0. The highest BCUT2D eigenvalue weighted by Crippen LogP contribution is 2.35. The van der Waals surface area contributed by atoms with Crippen molar-refractivity contribution in [3.63, 3.8) is 0 Å². The van der Waals surface area contributed by atoms with Crippen LogP contribution in [0.3, 0.4) is 0 Å². The minimum atomic E-state index is -3.28. The van der Waals surface area contributed by atoms with Gasteiger partial charge in [-0.2, -0.15) is 0 Å². The van der Waals surface area contributed by atoms with Crippen LogP contribution in [0.2, 0.25) is 0 Å². The second-order valence-electron chi connectivity index (χ2n) is 8.28. The summed E-state index contributed by atoms with van der Waals surface area (Å²) in [5.74, 6) is 2.87. The molecule has 2 heterocycles. The fraction of sp³-hybridized carbons (Fsp3) is 0.320. The maximum Gasteiger partial charge on any atom is 0.233 e. The third-order valence-corrected chi connectivity index (χ3v) is 7.78. The summed E-state index contributed by atoms with van der Waals surface area (Å²) in [7, 11) is -1.64. The first-order chi connectivity index (χ1) is 16.8. The van der Waals surface area contributed by atoms with E-state index in [4.69, 9.17) is 14.7 Å². The Labute approximate surface area is 210 Å². The van der Waals surface area contributed by atoms with Crippen LogP contribution in [-0.4, -0.2) is 43.4 Å². The standard InChI is InChI=1S/C25H28N4O4S2/c1-4-13-34-25-27-23(26-15-17-5-9-19(33-2)10-6-17)21-14-22(30)29(24(21)28-25)16-18-7-11-20(12-8-18)35(3,31)32/h5-12H,4,13-16H2,1-3H3,(H,26,27,28). The predicted octanol–water partition coefficient (Wildman–Crippen LogP) is 4.09. The molecule has 0 radical (unpaired) electrons. The molecule has 35 heavy (non-hydrogen) atoms. The van der Waals surface area contributed by atoms with E-state index >= 15 is 0 Å². The highest BCUT2D eigenvalue weighted by molar-refractivity contribution is 7.99. The van der Waals surface area contributed by atoms with Crippen molar-refractivity contribution in [2.24, 2.45) is 0 Å². The number of hydrogen-bond donors (Lipinski definition) is 1. The van der Waals surface area contributed by atoms with Gasteiger partial charge in [-0.3, -0.25) is 9.69 Å². The van der Waals surface area contributed by atoms with Crippen LogP contribution in [0, 0.1) is 0 Å². The molecule has 0 fully saturated rings. The molecule has 1 aromatic heterocycles. The number of nitrogens with zero attached hydrogens (tertiary/aromatic N) is 3. The molecule has 0 saturated carbocycles. The molecule has 0 unspecified atom stereocenters. The highest BCUT2D eigenvalue weighted by Gasteiger charge is 2.32. The summed E-state index contributed by atoms with van der Waals surface area (Å²) in [5, 5.41) is 4.01. The van der Waals surface area contributed by atoms with E-state index in [0.29, 0.717) is 29.9 Å². The van der Waals surface area contributed by atoms with Gasteiger partial charge in [-0.1, -0.05) is 43.0 Å². The Balaban J connectivity index is 1.60. The molecular formula is C25H28N4O4S2. The summed E-state index contributed by atoms with van der Waals surface area (Å²) in [6.07, 6.45) is 2.37. The van der Waals surface area contributed by atoms with E-state index in [0.717, 1.165) is 34.6 Å². The first-order valence-electron chi connectivity index (χ1n) is 11.3. The van der Waals surface area contributed by atoms with Crippen molar-refractivity contribution in [1.29, 1.82) is 0 Å². The number of benzene rings is 2. The van der Waals surface area contributed by atoms with Crippen molar-refractivity contribution in [2.45, 2.75) is 42.9 Å². The van der Waals surface area contributed by atoms with Crippen molar-refractivity contribution in [2.75, 3.05) is 29.3 Å². The minimum absolute atomic E-state index is 0.0633. The fourth-order valence-electron chi connectivity index (χ4n) is 3.72. The topological polar surface area (TPSA) is 101 Å². The van der Waals surface area contributed by atoms with Crippen molar-refractivity contribution >= 4 is 39.1 Å². The van der Waals surface area contributed by atoms with E-state index < -0.39 is 9.84 Å². The molecule has 1 amide bonds. The van der Waals surface area contributed by atoms with Crippen molar-refractivity contribution in [1.82, 2.24) is 9.97 Å². The van der Waals surface area contributed by atoms with Crippen molar-refractivity contribution < 1.29 is 17.9 Å². The Morgan fingerprint density at radius 1 is 1.06 bits per heavy atom. The highest BCUT2D eigenvalue weighted by atomic mass is 32.2. The number of sulfone groups is 1. The molecule has 0 bridgehead atoms. The van der Waals surface area contributed by atoms with E-state index in [1.165, 1.54) is 6.26 Å². The number of aromatic nitrogens is 2. The Morgan fingerprint density at radius 3 is 2.37 bits per heavy atom. The molecule has 184 valence electrons. The number of nitrogens with one attached hydrogen (secondary N) is 1. The molecule has 0 spiro atoms. The summed E-state index contributed by atoms with van der Waals surface area (Å²) in [4.78, 5) is 24.3. The molecule has 0 saturated heterocycles. The summed E-state index contributed by atoms with van der Waals surface area (Å²) in [5.41, 5.74) is 2.66. The van der Waals surface area contributed by atoms with Crippen LogP contribution < -0.4 is 15.0 Å². The lowest BCUT2D eigenvalue weighted by molar-refractivity contribution is -0.117. The van der Waals surface area contributed by atoms with Gasteiger partial charge in [0.2, 0.25) is 5.91 Å². The lowest BCUT2D eigenvalue weighted by atomic mass is 10.2. The number of amides is 1. The molecule has 2 aromatic carbocycles. The number of ether oxygens (including phenoxy) is 1. The molecule has 1 N–H and O–H groups in total. The third kappa shape index (κ3) is 5.94. The number of thioether (sulfide) groups is 1. The maximum absolute atomic E-state index is 13.0. The Kier molecular flexibility index (Phi) is 7.61. The average molecular weight is 513 g/mol. The molecular weight excluding hydrogens is 484 g/mol. The SMILES string of the molecule is CCCSc1nc(NCc2ccc(OC)cc2)c2c(n1)N(Cc1ccc(S(C)(=O)=O)cc1)C(=O)C2. The van der Waals surface area contributed by atoms with E-state index in [-0.39, 0.29) is 17.2 Å². The van der Waals surface area contributed by atoms with Gasteiger partial charge >= 0.3 is 0 Å². The fourth-order valence-corrected chi connectivity index (χ4v) is 5.05. The smallest absolute Gasteiger partial charge is 0.233 e. The summed E-state index contributed by atoms with van der Waals surface area (Å²) >= 11 is 1.56. The number of carbonyl (C=O) groups excluding carboxylic acids is 1. The first-order valence-corrected chi connectivity index (χ1v) is 14.2. The monoisotopic (exact) mass is 512 g/mol. The second kappa shape index (κ2) is 10.7. The van der Waals surface area contributed by atoms with Crippen LogP contribution in [0.15, 0.2) is 58.6 Å². The normalized spacial score (nSPS) is 13.1. The van der Waals surface area contributed by atoms with Gasteiger partial charge in [0.05, 0.1) is 25.0 Å². The van der Waals surface area contributed by atoms with Crippen LogP contribution in [0.1, 0.15) is 30.0 Å².